The van der Waals surface area contributed by atoms with E-state index in [0.29, 0.717) is 15.9 Å². The number of ether oxygens (including phenoxy) is 1. The van der Waals surface area contributed by atoms with Gasteiger partial charge in [-0.15, -0.1) is 0 Å². The number of carbonyl (C=O) groups is 1. The first-order valence-corrected chi connectivity index (χ1v) is 10.3. The van der Waals surface area contributed by atoms with Gasteiger partial charge in [0.15, 0.2) is 0 Å². The number of pyridine rings is 1. The first kappa shape index (κ1) is 20.2. The predicted molar refractivity (Wildman–Crippen MR) is 113 cm³/mol. The van der Waals surface area contributed by atoms with E-state index in [1.54, 1.807) is 6.07 Å². The molecular weight excluding hydrogens is 428 g/mol. The van der Waals surface area contributed by atoms with Gasteiger partial charge in [0, 0.05) is 6.54 Å². The third-order valence-corrected chi connectivity index (χ3v) is 5.84. The van der Waals surface area contributed by atoms with E-state index in [9.17, 15) is 4.79 Å². The lowest BCUT2D eigenvalue weighted by molar-refractivity contribution is 0.00683. The summed E-state index contributed by atoms with van der Waals surface area (Å²) in [6.45, 7) is 8.49. The maximum Gasteiger partial charge on any atom is 0.340 e. The number of aromatic nitrogens is 1. The number of nitrogens with zero attached hydrogens (tertiary/aromatic N) is 2. The summed E-state index contributed by atoms with van der Waals surface area (Å²) in [6.07, 6.45) is 2.11. The van der Waals surface area contributed by atoms with Gasteiger partial charge in [-0.05, 0) is 68.1 Å². The number of aryl methyl sites for hydroxylation is 1. The highest BCUT2D eigenvalue weighted by molar-refractivity contribution is 9.10. The van der Waals surface area contributed by atoms with E-state index in [1.165, 1.54) is 11.1 Å². The van der Waals surface area contributed by atoms with Gasteiger partial charge in [0.05, 0.1) is 16.1 Å². The lowest BCUT2D eigenvalue weighted by atomic mass is 10.0. The Bertz CT molecular complexity index is 846. The highest BCUT2D eigenvalue weighted by atomic mass is 79.9. The number of halogens is 2. The molecule has 1 aliphatic rings. The molecule has 0 unspecified atom stereocenters. The molecule has 144 valence electrons. The second kappa shape index (κ2) is 7.80. The molecule has 1 aliphatic heterocycles. The van der Waals surface area contributed by atoms with Crippen molar-refractivity contribution >= 4 is 39.3 Å². The summed E-state index contributed by atoms with van der Waals surface area (Å²) in [5, 5.41) is 0.267. The molecular formula is C21H24BrClN2O2. The van der Waals surface area contributed by atoms with Gasteiger partial charge >= 0.3 is 5.97 Å². The summed E-state index contributed by atoms with van der Waals surface area (Å²) >= 11 is 9.72. The minimum atomic E-state index is -0.579. The van der Waals surface area contributed by atoms with Crippen LogP contribution < -0.4 is 4.90 Å². The molecule has 1 fully saturated rings. The summed E-state index contributed by atoms with van der Waals surface area (Å²) in [6, 6.07) is 10.6. The number of hydrogen-bond donors (Lipinski definition) is 0. The van der Waals surface area contributed by atoms with Crippen molar-refractivity contribution in [1.82, 2.24) is 4.98 Å². The fraction of sp³-hybridized carbons (Fsp3) is 0.429. The van der Waals surface area contributed by atoms with Gasteiger partial charge in [-0.1, -0.05) is 41.4 Å². The van der Waals surface area contributed by atoms with Crippen molar-refractivity contribution in [2.75, 3.05) is 11.4 Å². The van der Waals surface area contributed by atoms with Crippen LogP contribution in [0.25, 0.3) is 0 Å². The van der Waals surface area contributed by atoms with Crippen molar-refractivity contribution in [3.8, 4) is 0 Å². The van der Waals surface area contributed by atoms with Crippen LogP contribution in [0.3, 0.4) is 0 Å². The molecule has 1 aromatic carbocycles. The monoisotopic (exact) mass is 450 g/mol. The second-order valence-corrected chi connectivity index (χ2v) is 9.05. The van der Waals surface area contributed by atoms with Crippen LogP contribution in [-0.4, -0.2) is 23.1 Å². The molecule has 2 heterocycles. The van der Waals surface area contributed by atoms with Crippen LogP contribution in [0.2, 0.25) is 5.15 Å². The van der Waals surface area contributed by atoms with Crippen molar-refractivity contribution in [2.45, 2.75) is 52.2 Å². The maximum atomic E-state index is 12.6. The second-order valence-electron chi connectivity index (χ2n) is 7.90. The molecule has 1 atom stereocenters. The lowest BCUT2D eigenvalue weighted by Crippen LogP contribution is -2.26. The Hall–Kier alpha value is -1.59. The summed E-state index contributed by atoms with van der Waals surface area (Å²) < 4.78 is 5.99. The van der Waals surface area contributed by atoms with Gasteiger partial charge < -0.3 is 9.64 Å². The van der Waals surface area contributed by atoms with Crippen molar-refractivity contribution in [3.05, 3.63) is 56.6 Å². The van der Waals surface area contributed by atoms with E-state index in [2.05, 4.69) is 57.0 Å². The number of rotatable bonds is 3. The zero-order chi connectivity index (χ0) is 19.8. The van der Waals surface area contributed by atoms with E-state index in [0.717, 1.165) is 19.4 Å². The van der Waals surface area contributed by atoms with Crippen LogP contribution in [0.1, 0.15) is 61.1 Å². The van der Waals surface area contributed by atoms with Crippen LogP contribution in [-0.2, 0) is 4.74 Å². The third-order valence-electron chi connectivity index (χ3n) is 4.53. The summed E-state index contributed by atoms with van der Waals surface area (Å²) in [5.41, 5.74) is 2.30. The number of esters is 1. The van der Waals surface area contributed by atoms with Crippen LogP contribution in [0.15, 0.2) is 34.8 Å². The first-order chi connectivity index (χ1) is 12.7. The maximum absolute atomic E-state index is 12.6. The van der Waals surface area contributed by atoms with E-state index in [4.69, 9.17) is 16.3 Å². The third kappa shape index (κ3) is 4.64. The molecule has 6 heteroatoms. The van der Waals surface area contributed by atoms with E-state index in [-0.39, 0.29) is 11.2 Å². The van der Waals surface area contributed by atoms with Gasteiger partial charge in [-0.3, -0.25) is 0 Å². The molecule has 3 rings (SSSR count). The van der Waals surface area contributed by atoms with Crippen molar-refractivity contribution in [3.63, 3.8) is 0 Å². The molecule has 0 radical (unpaired) electrons. The average molecular weight is 452 g/mol. The minimum absolute atomic E-state index is 0.224. The topological polar surface area (TPSA) is 42.4 Å². The van der Waals surface area contributed by atoms with Crippen LogP contribution in [0.4, 0.5) is 5.82 Å². The van der Waals surface area contributed by atoms with Crippen molar-refractivity contribution < 1.29 is 9.53 Å². The van der Waals surface area contributed by atoms with Crippen molar-refractivity contribution in [2.24, 2.45) is 0 Å². The molecule has 0 saturated carbocycles. The summed E-state index contributed by atoms with van der Waals surface area (Å²) in [4.78, 5) is 19.4. The largest absolute Gasteiger partial charge is 0.456 e. The standard InChI is InChI=1S/C21H24BrClN2O2/c1-13-7-9-14(10-8-13)16-6-5-11-25(16)17-12-15(18(22)19(23)24-17)20(26)27-21(2,3)4/h7-10,12,16H,5-6,11H2,1-4H3/t16-/m0/s1. The van der Waals surface area contributed by atoms with Crippen LogP contribution in [0.5, 0.6) is 0 Å². The summed E-state index contributed by atoms with van der Waals surface area (Å²) in [7, 11) is 0. The molecule has 0 amide bonds. The zero-order valence-corrected chi connectivity index (χ0v) is 18.4. The lowest BCUT2D eigenvalue weighted by Gasteiger charge is -2.27. The Morgan fingerprint density at radius 3 is 2.59 bits per heavy atom. The molecule has 27 heavy (non-hydrogen) atoms. The zero-order valence-electron chi connectivity index (χ0n) is 16.1. The molecule has 2 aromatic rings. The Kier molecular flexibility index (Phi) is 5.82. The average Bonchev–Trinajstić information content (AvgIpc) is 3.06. The smallest absolute Gasteiger partial charge is 0.340 e. The van der Waals surface area contributed by atoms with E-state index < -0.39 is 11.6 Å². The fourth-order valence-electron chi connectivity index (χ4n) is 3.29. The highest BCUT2D eigenvalue weighted by Gasteiger charge is 2.30. The van der Waals surface area contributed by atoms with Gasteiger partial charge in [0.25, 0.3) is 0 Å². The normalized spacial score (nSPS) is 17.3. The van der Waals surface area contributed by atoms with Crippen LogP contribution >= 0.6 is 27.5 Å². The van der Waals surface area contributed by atoms with Gasteiger partial charge in [-0.25, -0.2) is 9.78 Å². The van der Waals surface area contributed by atoms with E-state index in [1.807, 2.05) is 20.8 Å². The SMILES string of the molecule is Cc1ccc([C@@H]2CCCN2c2cc(C(=O)OC(C)(C)C)c(Br)c(Cl)n2)cc1. The summed E-state index contributed by atoms with van der Waals surface area (Å²) in [5.74, 6) is 0.290. The quantitative estimate of drug-likeness (QED) is 0.417. The fourth-order valence-corrected chi connectivity index (χ4v) is 3.84. The highest BCUT2D eigenvalue weighted by Crippen LogP contribution is 2.38. The number of benzene rings is 1. The Balaban J connectivity index is 1.96. The first-order valence-electron chi connectivity index (χ1n) is 9.08. The molecule has 1 saturated heterocycles. The van der Waals surface area contributed by atoms with Gasteiger partial charge in [0.1, 0.15) is 16.6 Å². The molecule has 0 spiro atoms. The van der Waals surface area contributed by atoms with Gasteiger partial charge in [0.2, 0.25) is 0 Å². The number of anilines is 1. The number of hydrogen-bond acceptors (Lipinski definition) is 4. The molecule has 4 nitrogen and oxygen atoms in total. The molecule has 1 aromatic heterocycles. The van der Waals surface area contributed by atoms with Gasteiger partial charge in [-0.2, -0.15) is 0 Å². The predicted octanol–water partition coefficient (Wildman–Crippen LogP) is 6.10. The molecule has 0 N–H and O–H groups in total. The Labute approximate surface area is 174 Å². The van der Waals surface area contributed by atoms with E-state index >= 15 is 0 Å². The van der Waals surface area contributed by atoms with Crippen molar-refractivity contribution in [1.29, 1.82) is 0 Å². The molecule has 0 bridgehead atoms. The number of carbonyl (C=O) groups excluding carboxylic acids is 1. The van der Waals surface area contributed by atoms with Crippen LogP contribution in [0, 0.1) is 6.92 Å². The molecule has 0 aliphatic carbocycles. The Morgan fingerprint density at radius 2 is 1.96 bits per heavy atom. The minimum Gasteiger partial charge on any atom is -0.456 e. The Morgan fingerprint density at radius 1 is 1.30 bits per heavy atom.